The van der Waals surface area contributed by atoms with Crippen LogP contribution in [0.4, 0.5) is 0 Å². The molecule has 0 bridgehead atoms. The van der Waals surface area contributed by atoms with E-state index in [1.165, 1.54) is 6.42 Å². The van der Waals surface area contributed by atoms with Gasteiger partial charge in [-0.15, -0.1) is 12.4 Å². The molecule has 1 aliphatic heterocycles. The second-order valence-electron chi connectivity index (χ2n) is 6.85. The molecule has 1 unspecified atom stereocenters. The Kier molecular flexibility index (Phi) is 9.69. The number of nitrogens with zero attached hydrogens (tertiary/aromatic N) is 1. The van der Waals surface area contributed by atoms with Crippen molar-refractivity contribution < 1.29 is 9.59 Å². The Morgan fingerprint density at radius 2 is 1.86 bits per heavy atom. The molecule has 1 saturated heterocycles. The van der Waals surface area contributed by atoms with Gasteiger partial charge in [0.25, 0.3) is 0 Å². The van der Waals surface area contributed by atoms with Gasteiger partial charge in [-0.2, -0.15) is 0 Å². The molecule has 2 atom stereocenters. The first-order valence-corrected chi connectivity index (χ1v) is 8.15. The van der Waals surface area contributed by atoms with Gasteiger partial charge in [-0.25, -0.2) is 0 Å². The van der Waals surface area contributed by atoms with Gasteiger partial charge >= 0.3 is 0 Å². The number of nitrogens with two attached hydrogens (primary N) is 1. The van der Waals surface area contributed by atoms with Crippen molar-refractivity contribution in [3.05, 3.63) is 0 Å². The van der Waals surface area contributed by atoms with Gasteiger partial charge < -0.3 is 16.0 Å². The topological polar surface area (TPSA) is 75.4 Å². The van der Waals surface area contributed by atoms with Crippen molar-refractivity contribution in [2.24, 2.45) is 17.6 Å². The van der Waals surface area contributed by atoms with Crippen LogP contribution in [-0.2, 0) is 9.59 Å². The van der Waals surface area contributed by atoms with Gasteiger partial charge in [-0.3, -0.25) is 9.59 Å². The summed E-state index contributed by atoms with van der Waals surface area (Å²) in [5.41, 5.74) is 5.78. The molecule has 0 spiro atoms. The molecule has 0 aromatic carbocycles. The molecule has 6 heteroatoms. The van der Waals surface area contributed by atoms with Crippen LogP contribution in [-0.4, -0.2) is 41.9 Å². The minimum absolute atomic E-state index is 0. The predicted octanol–water partition coefficient (Wildman–Crippen LogP) is 1.93. The van der Waals surface area contributed by atoms with E-state index in [0.717, 1.165) is 25.8 Å². The number of likely N-dealkylation sites (tertiary alicyclic amines) is 1. The molecule has 0 aromatic rings. The van der Waals surface area contributed by atoms with E-state index in [2.05, 4.69) is 19.2 Å². The third-order valence-corrected chi connectivity index (χ3v) is 4.13. The van der Waals surface area contributed by atoms with Gasteiger partial charge in [0, 0.05) is 12.6 Å². The molecule has 1 aliphatic rings. The fourth-order valence-electron chi connectivity index (χ4n) is 2.80. The Balaban J connectivity index is 0.00000441. The summed E-state index contributed by atoms with van der Waals surface area (Å²) >= 11 is 0. The Labute approximate surface area is 140 Å². The Hall–Kier alpha value is -0.810. The number of amides is 2. The van der Waals surface area contributed by atoms with Gasteiger partial charge in [-0.05, 0) is 37.5 Å². The highest BCUT2D eigenvalue weighted by Gasteiger charge is 2.27. The molecule has 3 N–H and O–H groups in total. The van der Waals surface area contributed by atoms with Crippen LogP contribution >= 0.6 is 12.4 Å². The zero-order valence-corrected chi connectivity index (χ0v) is 15.1. The second-order valence-corrected chi connectivity index (χ2v) is 6.85. The van der Waals surface area contributed by atoms with Crippen LogP contribution in [0.15, 0.2) is 0 Å². The van der Waals surface area contributed by atoms with E-state index in [9.17, 15) is 9.59 Å². The van der Waals surface area contributed by atoms with Crippen LogP contribution in [0.5, 0.6) is 0 Å². The van der Waals surface area contributed by atoms with Gasteiger partial charge in [0.05, 0.1) is 12.6 Å². The van der Waals surface area contributed by atoms with Crippen molar-refractivity contribution >= 4 is 24.2 Å². The summed E-state index contributed by atoms with van der Waals surface area (Å²) < 4.78 is 0. The van der Waals surface area contributed by atoms with Crippen molar-refractivity contribution in [1.29, 1.82) is 0 Å². The lowest BCUT2D eigenvalue weighted by molar-refractivity contribution is -0.136. The maximum atomic E-state index is 12.4. The molecule has 1 fully saturated rings. The van der Waals surface area contributed by atoms with Gasteiger partial charge in [-0.1, -0.05) is 27.7 Å². The Bertz CT molecular complexity index is 361. The summed E-state index contributed by atoms with van der Waals surface area (Å²) in [6, 6.07) is -0.229. The molecule has 22 heavy (non-hydrogen) atoms. The zero-order chi connectivity index (χ0) is 16.0. The molecule has 1 heterocycles. The fourth-order valence-corrected chi connectivity index (χ4v) is 2.80. The summed E-state index contributed by atoms with van der Waals surface area (Å²) in [4.78, 5) is 26.1. The lowest BCUT2D eigenvalue weighted by atomic mass is 9.94. The highest BCUT2D eigenvalue weighted by molar-refractivity contribution is 5.87. The fraction of sp³-hybridized carbons (Fsp3) is 0.875. The number of hydrogen-bond donors (Lipinski definition) is 2. The van der Waals surface area contributed by atoms with Crippen LogP contribution in [0.25, 0.3) is 0 Å². The van der Waals surface area contributed by atoms with Crippen molar-refractivity contribution in [3.8, 4) is 0 Å². The van der Waals surface area contributed by atoms with E-state index < -0.39 is 6.04 Å². The van der Waals surface area contributed by atoms with Crippen molar-refractivity contribution in [2.45, 2.75) is 65.5 Å². The van der Waals surface area contributed by atoms with Crippen LogP contribution in [0.3, 0.4) is 0 Å². The second kappa shape index (κ2) is 10.1. The number of piperidine rings is 1. The zero-order valence-electron chi connectivity index (χ0n) is 14.3. The first-order valence-electron chi connectivity index (χ1n) is 8.15. The van der Waals surface area contributed by atoms with Gasteiger partial charge in [0.15, 0.2) is 0 Å². The number of halogens is 1. The molecule has 2 amide bonds. The maximum Gasteiger partial charge on any atom is 0.242 e. The van der Waals surface area contributed by atoms with E-state index in [1.54, 1.807) is 0 Å². The summed E-state index contributed by atoms with van der Waals surface area (Å²) in [6.45, 7) is 9.03. The SMILES string of the molecule is CC(C)CC1CCCCN1C(=O)CNC(=O)[C@@H](N)C(C)C.Cl. The quantitative estimate of drug-likeness (QED) is 0.780. The van der Waals surface area contributed by atoms with E-state index in [1.807, 2.05) is 18.7 Å². The molecule has 0 saturated carbocycles. The highest BCUT2D eigenvalue weighted by Crippen LogP contribution is 2.22. The normalized spacial score (nSPS) is 19.8. The Morgan fingerprint density at radius 3 is 2.41 bits per heavy atom. The molecule has 130 valence electrons. The van der Waals surface area contributed by atoms with E-state index in [4.69, 9.17) is 5.73 Å². The monoisotopic (exact) mass is 333 g/mol. The number of nitrogens with one attached hydrogen (secondary N) is 1. The molecular weight excluding hydrogens is 302 g/mol. The average Bonchev–Trinajstić information content (AvgIpc) is 2.43. The lowest BCUT2D eigenvalue weighted by Gasteiger charge is -2.37. The maximum absolute atomic E-state index is 12.4. The predicted molar refractivity (Wildman–Crippen MR) is 91.9 cm³/mol. The third-order valence-electron chi connectivity index (χ3n) is 4.13. The smallest absolute Gasteiger partial charge is 0.242 e. The standard InChI is InChI=1S/C16H31N3O2.ClH/c1-11(2)9-13-7-5-6-8-19(13)14(20)10-18-16(21)15(17)12(3)4;/h11-13,15H,5-10,17H2,1-4H3,(H,18,21);1H/t13?,15-;/m0./s1. The van der Waals surface area contributed by atoms with Crippen molar-refractivity contribution in [1.82, 2.24) is 10.2 Å². The summed E-state index contributed by atoms with van der Waals surface area (Å²) in [5, 5.41) is 2.68. The molecule has 0 aromatic heterocycles. The van der Waals surface area contributed by atoms with Crippen LogP contribution in [0, 0.1) is 11.8 Å². The summed E-state index contributed by atoms with van der Waals surface area (Å²) in [7, 11) is 0. The van der Waals surface area contributed by atoms with Crippen LogP contribution in [0.1, 0.15) is 53.4 Å². The minimum Gasteiger partial charge on any atom is -0.346 e. The number of carbonyl (C=O) groups is 2. The molecule has 1 rings (SSSR count). The summed E-state index contributed by atoms with van der Waals surface area (Å²) in [5.74, 6) is 0.427. The van der Waals surface area contributed by atoms with Gasteiger partial charge in [0.1, 0.15) is 0 Å². The van der Waals surface area contributed by atoms with Crippen molar-refractivity contribution in [2.75, 3.05) is 13.1 Å². The van der Waals surface area contributed by atoms with Gasteiger partial charge in [0.2, 0.25) is 11.8 Å². The van der Waals surface area contributed by atoms with E-state index in [0.29, 0.717) is 12.0 Å². The average molecular weight is 334 g/mol. The first-order chi connectivity index (χ1) is 9.82. The number of hydrogen-bond acceptors (Lipinski definition) is 3. The summed E-state index contributed by atoms with van der Waals surface area (Å²) in [6.07, 6.45) is 4.35. The van der Waals surface area contributed by atoms with Crippen LogP contribution in [0.2, 0.25) is 0 Å². The van der Waals surface area contributed by atoms with Crippen LogP contribution < -0.4 is 11.1 Å². The molecule has 0 aliphatic carbocycles. The molecular formula is C16H32ClN3O2. The number of carbonyl (C=O) groups excluding carboxylic acids is 2. The van der Waals surface area contributed by atoms with Crippen molar-refractivity contribution in [3.63, 3.8) is 0 Å². The first kappa shape index (κ1) is 21.2. The third kappa shape index (κ3) is 6.53. The number of rotatable bonds is 6. The Morgan fingerprint density at radius 1 is 1.23 bits per heavy atom. The largest absolute Gasteiger partial charge is 0.346 e. The van der Waals surface area contributed by atoms with E-state index in [-0.39, 0.29) is 36.7 Å². The highest BCUT2D eigenvalue weighted by atomic mass is 35.5. The minimum atomic E-state index is -0.550. The molecule has 0 radical (unpaired) electrons. The molecule has 5 nitrogen and oxygen atoms in total. The van der Waals surface area contributed by atoms with E-state index >= 15 is 0 Å². The lowest BCUT2D eigenvalue weighted by Crippen LogP contribution is -2.51.